The summed E-state index contributed by atoms with van der Waals surface area (Å²) in [5.41, 5.74) is 7.50. The Bertz CT molecular complexity index is 1220. The Hall–Kier alpha value is -2.86. The van der Waals surface area contributed by atoms with Crippen LogP contribution in [0.3, 0.4) is 0 Å². The van der Waals surface area contributed by atoms with Crippen molar-refractivity contribution in [2.45, 2.75) is 65.2 Å². The van der Waals surface area contributed by atoms with E-state index in [0.29, 0.717) is 4.91 Å². The van der Waals surface area contributed by atoms with Gasteiger partial charge in [-0.05, 0) is 94.4 Å². The summed E-state index contributed by atoms with van der Waals surface area (Å²) >= 11 is 0.898. The fourth-order valence-electron chi connectivity index (χ4n) is 4.76. The van der Waals surface area contributed by atoms with E-state index in [1.807, 2.05) is 18.2 Å². The van der Waals surface area contributed by atoms with Crippen molar-refractivity contribution in [1.82, 2.24) is 5.32 Å². The molecule has 1 heterocycles. The number of anilines is 1. The molecule has 0 spiro atoms. The zero-order chi connectivity index (χ0) is 24.1. The normalized spacial score (nSPS) is 19.9. The van der Waals surface area contributed by atoms with Crippen LogP contribution in [-0.4, -0.2) is 17.1 Å². The third kappa shape index (κ3) is 4.49. The molecule has 0 atom stereocenters. The van der Waals surface area contributed by atoms with Crippen molar-refractivity contribution >= 4 is 40.6 Å². The zero-order valence-electron chi connectivity index (χ0n) is 20.0. The minimum atomic E-state index is -0.383. The molecule has 0 saturated carbocycles. The van der Waals surface area contributed by atoms with E-state index in [1.165, 1.54) is 18.1 Å². The third-order valence-electron chi connectivity index (χ3n) is 6.78. The van der Waals surface area contributed by atoms with Gasteiger partial charge in [-0.1, -0.05) is 39.8 Å². The van der Waals surface area contributed by atoms with Gasteiger partial charge in [-0.2, -0.15) is 0 Å². The monoisotopic (exact) mass is 462 g/mol. The molecule has 172 valence electrons. The van der Waals surface area contributed by atoms with Crippen LogP contribution in [0.5, 0.6) is 0 Å². The van der Waals surface area contributed by atoms with Crippen LogP contribution in [0.1, 0.15) is 69.7 Å². The third-order valence-corrected chi connectivity index (χ3v) is 7.59. The number of benzene rings is 2. The molecular weight excluding hydrogens is 432 g/mol. The molecule has 0 aromatic heterocycles. The second-order valence-electron chi connectivity index (χ2n) is 10.3. The number of thioether (sulfide) groups is 1. The maximum absolute atomic E-state index is 12.0. The van der Waals surface area contributed by atoms with Gasteiger partial charge in [-0.15, -0.1) is 0 Å². The number of hydrogen-bond acceptors (Lipinski definition) is 4. The van der Waals surface area contributed by atoms with Gasteiger partial charge < -0.3 is 5.32 Å². The number of carbonyl (C=O) groups excluding carboxylic acids is 3. The van der Waals surface area contributed by atoms with Crippen molar-refractivity contribution < 1.29 is 14.4 Å². The molecule has 6 heteroatoms. The van der Waals surface area contributed by atoms with Crippen LogP contribution in [0.4, 0.5) is 10.5 Å². The smallest absolute Gasteiger partial charge is 0.290 e. The van der Waals surface area contributed by atoms with Gasteiger partial charge in [-0.3, -0.25) is 19.7 Å². The summed E-state index contributed by atoms with van der Waals surface area (Å²) in [5.74, 6) is -0.526. The summed E-state index contributed by atoms with van der Waals surface area (Å²) in [6.45, 7) is 12.8. The van der Waals surface area contributed by atoms with Crippen molar-refractivity contribution in [3.05, 3.63) is 57.5 Å². The number of aryl methyl sites for hydroxylation is 1. The Labute approximate surface area is 199 Å². The minimum Gasteiger partial charge on any atom is -0.326 e. The number of imide groups is 1. The lowest BCUT2D eigenvalue weighted by atomic mass is 9.62. The summed E-state index contributed by atoms with van der Waals surface area (Å²) in [6, 6.07) is 10.3. The largest absolute Gasteiger partial charge is 0.326 e. The summed E-state index contributed by atoms with van der Waals surface area (Å²) in [6.07, 6.45) is 3.97. The van der Waals surface area contributed by atoms with Gasteiger partial charge >= 0.3 is 0 Å². The number of rotatable bonds is 3. The second kappa shape index (κ2) is 8.17. The van der Waals surface area contributed by atoms with Crippen LogP contribution in [0, 0.1) is 6.92 Å². The lowest BCUT2D eigenvalue weighted by Crippen LogP contribution is -2.34. The first-order valence-corrected chi connectivity index (χ1v) is 12.0. The second-order valence-corrected chi connectivity index (χ2v) is 11.3. The highest BCUT2D eigenvalue weighted by atomic mass is 32.2. The highest BCUT2D eigenvalue weighted by Gasteiger charge is 2.37. The highest BCUT2D eigenvalue weighted by Crippen LogP contribution is 2.48. The number of fused-ring (bicyclic) bond motifs is 1. The van der Waals surface area contributed by atoms with Crippen molar-refractivity contribution in [2.24, 2.45) is 0 Å². The van der Waals surface area contributed by atoms with Crippen molar-refractivity contribution in [2.75, 3.05) is 5.32 Å². The molecule has 1 fully saturated rings. The first kappa shape index (κ1) is 23.3. The van der Waals surface area contributed by atoms with Crippen molar-refractivity contribution in [3.8, 4) is 11.1 Å². The molecule has 2 N–H and O–H groups in total. The molecule has 2 aromatic carbocycles. The number of nitrogens with one attached hydrogen (secondary N) is 2. The van der Waals surface area contributed by atoms with Crippen LogP contribution in [-0.2, 0) is 20.4 Å². The van der Waals surface area contributed by atoms with Crippen molar-refractivity contribution in [1.29, 1.82) is 0 Å². The highest BCUT2D eigenvalue weighted by molar-refractivity contribution is 8.18. The van der Waals surface area contributed by atoms with Gasteiger partial charge in [0.1, 0.15) is 0 Å². The average Bonchev–Trinajstić information content (AvgIpc) is 3.03. The molecule has 5 nitrogen and oxygen atoms in total. The molecule has 1 aliphatic heterocycles. The molecule has 4 rings (SSSR count). The first-order valence-electron chi connectivity index (χ1n) is 11.2. The van der Waals surface area contributed by atoms with Gasteiger partial charge in [0, 0.05) is 18.2 Å². The van der Waals surface area contributed by atoms with E-state index in [4.69, 9.17) is 0 Å². The molecule has 1 aliphatic carbocycles. The molecule has 0 bridgehead atoms. The topological polar surface area (TPSA) is 75.3 Å². The fourth-order valence-corrected chi connectivity index (χ4v) is 5.44. The van der Waals surface area contributed by atoms with E-state index in [2.05, 4.69) is 57.4 Å². The van der Waals surface area contributed by atoms with Crippen LogP contribution in [0.2, 0.25) is 0 Å². The Balaban J connectivity index is 1.90. The van der Waals surface area contributed by atoms with Crippen LogP contribution in [0.25, 0.3) is 17.2 Å². The van der Waals surface area contributed by atoms with Gasteiger partial charge in [0.05, 0.1) is 4.91 Å². The van der Waals surface area contributed by atoms with E-state index in [-0.39, 0.29) is 27.9 Å². The summed E-state index contributed by atoms with van der Waals surface area (Å²) < 4.78 is 0. The molecule has 33 heavy (non-hydrogen) atoms. The molecule has 1 saturated heterocycles. The SMILES string of the molecule is CC(=O)Nc1ccc(/C=C2\SC(=O)NC2=O)cc1-c1cc2c(cc1C)C(C)(C)CCC2(C)C. The van der Waals surface area contributed by atoms with E-state index < -0.39 is 0 Å². The predicted molar refractivity (Wildman–Crippen MR) is 135 cm³/mol. The lowest BCUT2D eigenvalue weighted by Gasteiger charge is -2.42. The molecule has 3 amide bonds. The van der Waals surface area contributed by atoms with Crippen LogP contribution >= 0.6 is 11.8 Å². The molecule has 2 aliphatic rings. The number of carbonyl (C=O) groups is 3. The molecule has 0 unspecified atom stereocenters. The fraction of sp³-hybridized carbons (Fsp3) is 0.370. The van der Waals surface area contributed by atoms with Gasteiger partial charge in [0.25, 0.3) is 11.1 Å². The van der Waals surface area contributed by atoms with E-state index in [1.54, 1.807) is 6.08 Å². The lowest BCUT2D eigenvalue weighted by molar-refractivity contribution is -0.115. The maximum Gasteiger partial charge on any atom is 0.290 e. The maximum atomic E-state index is 12.0. The summed E-state index contributed by atoms with van der Waals surface area (Å²) in [4.78, 5) is 35.9. The Kier molecular flexibility index (Phi) is 5.77. The molecule has 0 radical (unpaired) electrons. The number of hydrogen-bond donors (Lipinski definition) is 2. The quantitative estimate of drug-likeness (QED) is 0.525. The van der Waals surface area contributed by atoms with Crippen LogP contribution < -0.4 is 10.6 Å². The number of amides is 3. The van der Waals surface area contributed by atoms with E-state index >= 15 is 0 Å². The molecular formula is C27H30N2O3S. The minimum absolute atomic E-state index is 0.0556. The zero-order valence-corrected chi connectivity index (χ0v) is 20.8. The van der Waals surface area contributed by atoms with Crippen LogP contribution in [0.15, 0.2) is 35.2 Å². The van der Waals surface area contributed by atoms with Crippen molar-refractivity contribution in [3.63, 3.8) is 0 Å². The van der Waals surface area contributed by atoms with Gasteiger partial charge in [-0.25, -0.2) is 0 Å². The van der Waals surface area contributed by atoms with Gasteiger partial charge in [0.15, 0.2) is 0 Å². The Morgan fingerprint density at radius 3 is 2.21 bits per heavy atom. The predicted octanol–water partition coefficient (Wildman–Crippen LogP) is 6.29. The summed E-state index contributed by atoms with van der Waals surface area (Å²) in [7, 11) is 0. The standard InChI is InChI=1S/C27H30N2O3S/c1-15-11-20-21(27(5,6)10-9-26(20,3)4)14-18(15)19-12-17(7-8-22(19)28-16(2)30)13-23-24(31)29-25(32)33-23/h7-8,11-14H,9-10H2,1-6H3,(H,28,30)(H,29,31,32)/b23-13-. The summed E-state index contributed by atoms with van der Waals surface area (Å²) in [5, 5.41) is 4.88. The average molecular weight is 463 g/mol. The van der Waals surface area contributed by atoms with Gasteiger partial charge in [0.2, 0.25) is 5.91 Å². The van der Waals surface area contributed by atoms with E-state index in [0.717, 1.165) is 52.5 Å². The Morgan fingerprint density at radius 2 is 1.64 bits per heavy atom. The Morgan fingerprint density at radius 1 is 1.00 bits per heavy atom. The molecule has 2 aromatic rings. The van der Waals surface area contributed by atoms with E-state index in [9.17, 15) is 14.4 Å². The first-order chi connectivity index (χ1) is 15.4.